The van der Waals surface area contributed by atoms with Crippen molar-refractivity contribution in [1.82, 2.24) is 4.98 Å². The van der Waals surface area contributed by atoms with Gasteiger partial charge in [0.2, 0.25) is 5.88 Å². The highest BCUT2D eigenvalue weighted by atomic mass is 16.5. The molecule has 1 aromatic heterocycles. The van der Waals surface area contributed by atoms with Gasteiger partial charge in [-0.1, -0.05) is 12.1 Å². The number of hydrogen-bond donors (Lipinski definition) is 1. The number of esters is 1. The molecule has 0 fully saturated rings. The van der Waals surface area contributed by atoms with Gasteiger partial charge in [-0.2, -0.15) is 0 Å². The van der Waals surface area contributed by atoms with E-state index in [0.29, 0.717) is 17.9 Å². The molecule has 2 rings (SSSR count). The predicted molar refractivity (Wildman–Crippen MR) is 81.1 cm³/mol. The molecule has 1 aromatic carbocycles. The van der Waals surface area contributed by atoms with Crippen LogP contribution in [0, 0.1) is 0 Å². The first-order valence-corrected chi connectivity index (χ1v) is 6.74. The number of rotatable bonds is 5. The first-order chi connectivity index (χ1) is 10.7. The highest BCUT2D eigenvalue weighted by molar-refractivity contribution is 6.09. The number of nitrogens with one attached hydrogen (secondary N) is 1. The fraction of sp³-hybridized carbons (Fsp3) is 0.188. The van der Waals surface area contributed by atoms with E-state index in [4.69, 9.17) is 9.47 Å². The molecule has 22 heavy (non-hydrogen) atoms. The van der Waals surface area contributed by atoms with Crippen LogP contribution in [-0.2, 0) is 4.74 Å². The first-order valence-electron chi connectivity index (χ1n) is 6.74. The summed E-state index contributed by atoms with van der Waals surface area (Å²) in [6.45, 7) is 2.21. The van der Waals surface area contributed by atoms with Crippen molar-refractivity contribution in [1.29, 1.82) is 0 Å². The minimum absolute atomic E-state index is 0.248. The monoisotopic (exact) mass is 300 g/mol. The number of hydrogen-bond acceptors (Lipinski definition) is 5. The summed E-state index contributed by atoms with van der Waals surface area (Å²) in [4.78, 5) is 28.1. The van der Waals surface area contributed by atoms with E-state index in [0.717, 1.165) is 0 Å². The number of aromatic nitrogens is 1. The molecular weight excluding hydrogens is 284 g/mol. The van der Waals surface area contributed by atoms with Crippen LogP contribution in [0.4, 0.5) is 5.69 Å². The zero-order valence-corrected chi connectivity index (χ0v) is 12.3. The van der Waals surface area contributed by atoms with Gasteiger partial charge in [0.15, 0.2) is 0 Å². The third-order valence-electron chi connectivity index (χ3n) is 2.88. The van der Waals surface area contributed by atoms with E-state index in [2.05, 4.69) is 10.3 Å². The van der Waals surface area contributed by atoms with Crippen LogP contribution in [0.25, 0.3) is 0 Å². The highest BCUT2D eigenvalue weighted by Gasteiger charge is 2.17. The minimum Gasteiger partial charge on any atom is -0.477 e. The van der Waals surface area contributed by atoms with Crippen molar-refractivity contribution >= 4 is 17.6 Å². The molecule has 0 atom stereocenters. The normalized spacial score (nSPS) is 9.91. The standard InChI is InChI=1S/C16H16N2O4/c1-3-22-15-12(8-6-10-17-15)14(19)18-13-9-5-4-7-11(13)16(20)21-2/h4-10H,3H2,1-2H3,(H,18,19). The average molecular weight is 300 g/mol. The largest absolute Gasteiger partial charge is 0.477 e. The van der Waals surface area contributed by atoms with Crippen LogP contribution < -0.4 is 10.1 Å². The van der Waals surface area contributed by atoms with Crippen LogP contribution >= 0.6 is 0 Å². The zero-order valence-electron chi connectivity index (χ0n) is 12.3. The summed E-state index contributed by atoms with van der Waals surface area (Å²) in [7, 11) is 1.29. The molecule has 1 amide bonds. The molecule has 0 bridgehead atoms. The van der Waals surface area contributed by atoms with E-state index in [1.165, 1.54) is 7.11 Å². The Kier molecular flexibility index (Phi) is 5.08. The van der Waals surface area contributed by atoms with Gasteiger partial charge < -0.3 is 14.8 Å². The molecule has 1 heterocycles. The number of pyridine rings is 1. The SMILES string of the molecule is CCOc1ncccc1C(=O)Nc1ccccc1C(=O)OC. The lowest BCUT2D eigenvalue weighted by Gasteiger charge is -2.11. The molecule has 1 N–H and O–H groups in total. The van der Waals surface area contributed by atoms with Crippen molar-refractivity contribution in [3.05, 3.63) is 53.7 Å². The molecule has 6 nitrogen and oxygen atoms in total. The molecule has 0 aliphatic rings. The topological polar surface area (TPSA) is 77.5 Å². The van der Waals surface area contributed by atoms with Crippen LogP contribution in [-0.4, -0.2) is 30.6 Å². The summed E-state index contributed by atoms with van der Waals surface area (Å²) in [6, 6.07) is 9.86. The lowest BCUT2D eigenvalue weighted by Crippen LogP contribution is -2.17. The zero-order chi connectivity index (χ0) is 15.9. The van der Waals surface area contributed by atoms with E-state index in [-0.39, 0.29) is 11.4 Å². The Morgan fingerprint density at radius 3 is 2.59 bits per heavy atom. The fourth-order valence-electron chi connectivity index (χ4n) is 1.89. The average Bonchev–Trinajstić information content (AvgIpc) is 2.55. The number of carbonyl (C=O) groups excluding carboxylic acids is 2. The van der Waals surface area contributed by atoms with Crippen molar-refractivity contribution in [3.8, 4) is 5.88 Å². The molecule has 0 saturated heterocycles. The van der Waals surface area contributed by atoms with Crippen molar-refractivity contribution in [2.45, 2.75) is 6.92 Å². The molecule has 0 saturated carbocycles. The maximum Gasteiger partial charge on any atom is 0.339 e. The summed E-state index contributed by atoms with van der Waals surface area (Å²) < 4.78 is 10.0. The van der Waals surface area contributed by atoms with E-state index < -0.39 is 11.9 Å². The van der Waals surface area contributed by atoms with Crippen molar-refractivity contribution in [2.75, 3.05) is 19.0 Å². The van der Waals surface area contributed by atoms with E-state index in [9.17, 15) is 9.59 Å². The Bertz CT molecular complexity index is 685. The molecule has 0 spiro atoms. The summed E-state index contributed by atoms with van der Waals surface area (Å²) in [5, 5.41) is 2.68. The van der Waals surface area contributed by atoms with Gasteiger partial charge in [-0.15, -0.1) is 0 Å². The Morgan fingerprint density at radius 2 is 1.86 bits per heavy atom. The molecule has 0 aliphatic heterocycles. The number of para-hydroxylation sites is 1. The maximum atomic E-state index is 12.4. The van der Waals surface area contributed by atoms with Crippen LogP contribution in [0.3, 0.4) is 0 Å². The third kappa shape index (κ3) is 3.41. The summed E-state index contributed by atoms with van der Waals surface area (Å²) in [6.07, 6.45) is 1.55. The lowest BCUT2D eigenvalue weighted by molar-refractivity contribution is 0.0602. The van der Waals surface area contributed by atoms with Gasteiger partial charge in [0.05, 0.1) is 25.0 Å². The summed E-state index contributed by atoms with van der Waals surface area (Å²) in [5.74, 6) is -0.682. The van der Waals surface area contributed by atoms with Gasteiger partial charge >= 0.3 is 5.97 Å². The molecule has 0 unspecified atom stereocenters. The quantitative estimate of drug-likeness (QED) is 0.858. The predicted octanol–water partition coefficient (Wildman–Crippen LogP) is 2.52. The number of carbonyl (C=O) groups is 2. The van der Waals surface area contributed by atoms with Crippen molar-refractivity contribution < 1.29 is 19.1 Å². The van der Waals surface area contributed by atoms with Gasteiger partial charge in [0.25, 0.3) is 5.91 Å². The van der Waals surface area contributed by atoms with E-state index in [1.807, 2.05) is 6.92 Å². The molecule has 6 heteroatoms. The van der Waals surface area contributed by atoms with Gasteiger partial charge in [0, 0.05) is 6.20 Å². The van der Waals surface area contributed by atoms with Gasteiger partial charge in [-0.3, -0.25) is 4.79 Å². The fourth-order valence-corrected chi connectivity index (χ4v) is 1.89. The van der Waals surface area contributed by atoms with Gasteiger partial charge in [-0.25, -0.2) is 9.78 Å². The number of benzene rings is 1. The van der Waals surface area contributed by atoms with Crippen LogP contribution in [0.15, 0.2) is 42.6 Å². The number of nitrogens with zero attached hydrogens (tertiary/aromatic N) is 1. The molecule has 2 aromatic rings. The highest BCUT2D eigenvalue weighted by Crippen LogP contribution is 2.20. The molecule has 114 valence electrons. The van der Waals surface area contributed by atoms with E-state index in [1.54, 1.807) is 42.6 Å². The lowest BCUT2D eigenvalue weighted by atomic mass is 10.1. The molecule has 0 radical (unpaired) electrons. The number of anilines is 1. The number of ether oxygens (including phenoxy) is 2. The van der Waals surface area contributed by atoms with Gasteiger partial charge in [-0.05, 0) is 31.2 Å². The Hall–Kier alpha value is -2.89. The Balaban J connectivity index is 2.28. The van der Waals surface area contributed by atoms with Crippen LogP contribution in [0.5, 0.6) is 5.88 Å². The van der Waals surface area contributed by atoms with Crippen LogP contribution in [0.1, 0.15) is 27.6 Å². The second-order valence-corrected chi connectivity index (χ2v) is 4.28. The summed E-state index contributed by atoms with van der Waals surface area (Å²) >= 11 is 0. The summed E-state index contributed by atoms with van der Waals surface area (Å²) in [5.41, 5.74) is 0.940. The minimum atomic E-state index is -0.521. The van der Waals surface area contributed by atoms with Crippen molar-refractivity contribution in [3.63, 3.8) is 0 Å². The number of amides is 1. The second-order valence-electron chi connectivity index (χ2n) is 4.28. The van der Waals surface area contributed by atoms with E-state index >= 15 is 0 Å². The Labute approximate surface area is 128 Å². The molecule has 0 aliphatic carbocycles. The first kappa shape index (κ1) is 15.5. The van der Waals surface area contributed by atoms with Crippen LogP contribution in [0.2, 0.25) is 0 Å². The van der Waals surface area contributed by atoms with Gasteiger partial charge in [0.1, 0.15) is 5.56 Å². The Morgan fingerprint density at radius 1 is 1.14 bits per heavy atom. The number of methoxy groups -OCH3 is 1. The maximum absolute atomic E-state index is 12.4. The third-order valence-corrected chi connectivity index (χ3v) is 2.88. The van der Waals surface area contributed by atoms with Crippen molar-refractivity contribution in [2.24, 2.45) is 0 Å². The smallest absolute Gasteiger partial charge is 0.339 e. The molecular formula is C16H16N2O4. The second kappa shape index (κ2) is 7.21.